The van der Waals surface area contributed by atoms with E-state index in [4.69, 9.17) is 18.9 Å². The number of unbranched alkanes of at least 4 members (excludes halogenated alkanes) is 2. The Hall–Kier alpha value is -1.87. The molecular weight excluding hydrogens is 592 g/mol. The van der Waals surface area contributed by atoms with Crippen molar-refractivity contribution in [2.45, 2.75) is 119 Å². The summed E-state index contributed by atoms with van der Waals surface area (Å²) < 4.78 is 21.1. The first-order valence-electron chi connectivity index (χ1n) is 14.8. The molecule has 2 heterocycles. The standard InChI is InChI=1S/C27H48N2O15/c1-14(32)15(29-19(34)7-3-5-10-41-26-24(39)22(37)20(35)16(12-30)43-26)6-2-4-9-28-18(33)8-11-42-27-25(40)23(38)21(36)17(13-31)44-27/h15-17,20-27,30-31,35-40H,2-13H2,1H3,(H,28,33)(H,29,34)/t15-,16?,17?,20?,21?,22?,23?,24?,25?,26?,27?/m0/s1. The number of nitrogens with one attached hydrogen (secondary N) is 2. The van der Waals surface area contributed by atoms with Gasteiger partial charge in [-0.1, -0.05) is 0 Å². The largest absolute Gasteiger partial charge is 0.394 e. The van der Waals surface area contributed by atoms with Crippen LogP contribution in [0.5, 0.6) is 0 Å². The van der Waals surface area contributed by atoms with Crippen molar-refractivity contribution in [3.63, 3.8) is 0 Å². The molecule has 0 aromatic carbocycles. The first kappa shape index (κ1) is 38.3. The van der Waals surface area contributed by atoms with E-state index >= 15 is 0 Å². The quantitative estimate of drug-likeness (QED) is 0.0596. The van der Waals surface area contributed by atoms with Crippen LogP contribution in [0.1, 0.15) is 51.9 Å². The van der Waals surface area contributed by atoms with Crippen LogP contribution in [0.2, 0.25) is 0 Å². The van der Waals surface area contributed by atoms with Crippen LogP contribution >= 0.6 is 0 Å². The summed E-state index contributed by atoms with van der Waals surface area (Å²) in [7, 11) is 0. The van der Waals surface area contributed by atoms with Crippen molar-refractivity contribution in [2.75, 3.05) is 33.0 Å². The van der Waals surface area contributed by atoms with Crippen LogP contribution in [0.3, 0.4) is 0 Å². The molecule has 0 radical (unpaired) electrons. The van der Waals surface area contributed by atoms with E-state index in [1.165, 1.54) is 6.92 Å². The summed E-state index contributed by atoms with van der Waals surface area (Å²) in [6.07, 6.45) is -11.6. The van der Waals surface area contributed by atoms with Gasteiger partial charge in [0.2, 0.25) is 11.8 Å². The van der Waals surface area contributed by atoms with Crippen molar-refractivity contribution < 1.29 is 74.2 Å². The lowest BCUT2D eigenvalue weighted by Gasteiger charge is -2.39. The SMILES string of the molecule is CC(=O)[C@H](CCCCNC(=O)CCOC1OC(CO)C(O)C(O)C1O)NC(=O)CCCCOC1OC(CO)C(O)C(O)C1O. The van der Waals surface area contributed by atoms with E-state index in [1.807, 2.05) is 0 Å². The average molecular weight is 641 g/mol. The molecule has 10 N–H and O–H groups in total. The second kappa shape index (κ2) is 19.6. The molecule has 2 fully saturated rings. The van der Waals surface area contributed by atoms with Gasteiger partial charge < -0.3 is 70.4 Å². The number of hydrogen-bond donors (Lipinski definition) is 10. The van der Waals surface area contributed by atoms with Gasteiger partial charge in [-0.2, -0.15) is 0 Å². The van der Waals surface area contributed by atoms with Gasteiger partial charge >= 0.3 is 0 Å². The van der Waals surface area contributed by atoms with Gasteiger partial charge in [-0.05, 0) is 39.0 Å². The molecule has 2 rings (SSSR count). The molecule has 0 spiro atoms. The molecule has 10 unspecified atom stereocenters. The Labute approximate surface area is 255 Å². The highest BCUT2D eigenvalue weighted by molar-refractivity contribution is 5.87. The van der Waals surface area contributed by atoms with Crippen molar-refractivity contribution in [3.05, 3.63) is 0 Å². The monoisotopic (exact) mass is 640 g/mol. The number of aliphatic hydroxyl groups excluding tert-OH is 8. The number of hydrogen-bond acceptors (Lipinski definition) is 15. The minimum atomic E-state index is -1.57. The van der Waals surface area contributed by atoms with E-state index in [2.05, 4.69) is 10.6 Å². The van der Waals surface area contributed by atoms with Crippen LogP contribution in [0.15, 0.2) is 0 Å². The molecule has 2 amide bonds. The molecule has 0 bridgehead atoms. The van der Waals surface area contributed by atoms with E-state index in [9.17, 15) is 55.2 Å². The zero-order chi connectivity index (χ0) is 32.8. The fourth-order valence-corrected chi connectivity index (χ4v) is 4.70. The van der Waals surface area contributed by atoms with E-state index in [1.54, 1.807) is 0 Å². The molecule has 0 saturated carbocycles. The maximum Gasteiger partial charge on any atom is 0.222 e. The zero-order valence-electron chi connectivity index (χ0n) is 24.8. The third-order valence-electron chi connectivity index (χ3n) is 7.46. The molecule has 11 atom stereocenters. The third-order valence-corrected chi connectivity index (χ3v) is 7.46. The number of ether oxygens (including phenoxy) is 4. The third kappa shape index (κ3) is 11.8. The molecule has 44 heavy (non-hydrogen) atoms. The van der Waals surface area contributed by atoms with Crippen LogP contribution in [-0.2, 0) is 33.3 Å². The fraction of sp³-hybridized carbons (Fsp3) is 0.889. The number of amides is 2. The molecule has 0 aliphatic carbocycles. The summed E-state index contributed by atoms with van der Waals surface area (Å²) in [6.45, 7) is 0.461. The number of ketones is 1. The second-order valence-corrected chi connectivity index (χ2v) is 10.9. The summed E-state index contributed by atoms with van der Waals surface area (Å²) >= 11 is 0. The van der Waals surface area contributed by atoms with Crippen molar-refractivity contribution in [2.24, 2.45) is 0 Å². The molecule has 2 aliphatic heterocycles. The Kier molecular flexibility index (Phi) is 17.1. The van der Waals surface area contributed by atoms with Gasteiger partial charge in [-0.3, -0.25) is 14.4 Å². The Morgan fingerprint density at radius 2 is 1.23 bits per heavy atom. The van der Waals surface area contributed by atoms with Gasteiger partial charge in [-0.25, -0.2) is 0 Å². The van der Waals surface area contributed by atoms with Gasteiger partial charge in [0.05, 0.1) is 32.3 Å². The summed E-state index contributed by atoms with van der Waals surface area (Å²) in [4.78, 5) is 36.4. The zero-order valence-corrected chi connectivity index (χ0v) is 24.8. The molecular formula is C27H48N2O15. The molecule has 2 aliphatic rings. The molecule has 17 nitrogen and oxygen atoms in total. The summed E-state index contributed by atoms with van der Waals surface area (Å²) in [6, 6.07) is -0.685. The van der Waals surface area contributed by atoms with Crippen LogP contribution in [0.25, 0.3) is 0 Å². The molecule has 0 aromatic rings. The van der Waals surface area contributed by atoms with Gasteiger partial charge in [-0.15, -0.1) is 0 Å². The first-order chi connectivity index (χ1) is 20.9. The summed E-state index contributed by atoms with van der Waals surface area (Å²) in [5.74, 6) is -0.883. The van der Waals surface area contributed by atoms with E-state index in [0.717, 1.165) is 0 Å². The molecule has 17 heteroatoms. The Balaban J connectivity index is 1.56. The maximum absolute atomic E-state index is 12.3. The van der Waals surface area contributed by atoms with Crippen molar-refractivity contribution in [3.8, 4) is 0 Å². The van der Waals surface area contributed by atoms with E-state index < -0.39 is 80.7 Å². The smallest absolute Gasteiger partial charge is 0.222 e. The molecule has 2 saturated heterocycles. The number of rotatable bonds is 19. The van der Waals surface area contributed by atoms with E-state index in [0.29, 0.717) is 38.6 Å². The second-order valence-electron chi connectivity index (χ2n) is 10.9. The van der Waals surface area contributed by atoms with Gasteiger partial charge in [0.25, 0.3) is 0 Å². The minimum Gasteiger partial charge on any atom is -0.394 e. The van der Waals surface area contributed by atoms with Crippen molar-refractivity contribution >= 4 is 17.6 Å². The lowest BCUT2D eigenvalue weighted by atomic mass is 9.99. The average Bonchev–Trinajstić information content (AvgIpc) is 2.99. The summed E-state index contributed by atoms with van der Waals surface area (Å²) in [5.41, 5.74) is 0. The first-order valence-corrected chi connectivity index (χ1v) is 14.8. The highest BCUT2D eigenvalue weighted by Gasteiger charge is 2.45. The van der Waals surface area contributed by atoms with Gasteiger partial charge in [0.15, 0.2) is 18.4 Å². The molecule has 256 valence electrons. The number of Topliss-reactive ketones (excluding diaryl/α,β-unsaturated/α-hetero) is 1. The minimum absolute atomic E-state index is 0.0747. The molecule has 0 aromatic heterocycles. The number of carbonyl (C=O) groups excluding carboxylic acids is 3. The van der Waals surface area contributed by atoms with Crippen molar-refractivity contribution in [1.29, 1.82) is 0 Å². The predicted molar refractivity (Wildman–Crippen MR) is 147 cm³/mol. The summed E-state index contributed by atoms with van der Waals surface area (Å²) in [5, 5.41) is 82.8. The van der Waals surface area contributed by atoms with Crippen LogP contribution < -0.4 is 10.6 Å². The van der Waals surface area contributed by atoms with Crippen molar-refractivity contribution in [1.82, 2.24) is 10.6 Å². The lowest BCUT2D eigenvalue weighted by Crippen LogP contribution is -2.59. The Morgan fingerprint density at radius 3 is 1.75 bits per heavy atom. The Morgan fingerprint density at radius 1 is 0.682 bits per heavy atom. The fourth-order valence-electron chi connectivity index (χ4n) is 4.70. The highest BCUT2D eigenvalue weighted by Crippen LogP contribution is 2.23. The number of aliphatic hydroxyl groups is 8. The highest BCUT2D eigenvalue weighted by atomic mass is 16.7. The predicted octanol–water partition coefficient (Wildman–Crippen LogP) is -4.46. The normalized spacial score (nSPS) is 33.0. The van der Waals surface area contributed by atoms with E-state index in [-0.39, 0.29) is 43.7 Å². The Bertz CT molecular complexity index is 878. The topological polar surface area (TPSA) is 274 Å². The lowest BCUT2D eigenvalue weighted by molar-refractivity contribution is -0.301. The maximum atomic E-state index is 12.3. The van der Waals surface area contributed by atoms with Crippen LogP contribution in [-0.4, -0.2) is 159 Å². The van der Waals surface area contributed by atoms with Gasteiger partial charge in [0, 0.05) is 19.6 Å². The van der Waals surface area contributed by atoms with Crippen LogP contribution in [0, 0.1) is 0 Å². The van der Waals surface area contributed by atoms with Gasteiger partial charge in [0.1, 0.15) is 48.8 Å². The number of carbonyl (C=O) groups is 3. The van der Waals surface area contributed by atoms with Crippen LogP contribution in [0.4, 0.5) is 0 Å².